The number of aromatic amines is 2. The van der Waals surface area contributed by atoms with Crippen molar-refractivity contribution in [3.05, 3.63) is 21.6 Å². The molecule has 2 N–H and O–H groups in total. The van der Waals surface area contributed by atoms with E-state index in [-0.39, 0.29) is 12.2 Å². The number of nitrogens with zero attached hydrogens (tertiary/aromatic N) is 8. The molecule has 15 heavy (non-hydrogen) atoms. The third kappa shape index (κ3) is 1.98. The Morgan fingerprint density at radius 2 is 2.33 bits per heavy atom. The monoisotopic (exact) mass is 212 g/mol. The second-order valence-corrected chi connectivity index (χ2v) is 2.35. The van der Waals surface area contributed by atoms with Crippen LogP contribution in [0.1, 0.15) is 5.82 Å². The first-order valence-corrected chi connectivity index (χ1v) is 3.65. The van der Waals surface area contributed by atoms with Crippen molar-refractivity contribution < 1.29 is 5.03 Å². The first kappa shape index (κ1) is 8.92. The molecule has 78 valence electrons. The second-order valence-electron chi connectivity index (χ2n) is 2.35. The van der Waals surface area contributed by atoms with Crippen LogP contribution >= 0.6 is 0 Å². The quantitative estimate of drug-likeness (QED) is 0.412. The van der Waals surface area contributed by atoms with Crippen LogP contribution in [0, 0.1) is 10.1 Å². The zero-order chi connectivity index (χ0) is 10.7. The fraction of sp³-hybridized carbons (Fsp3) is 0.333. The standard InChI is InChI=1S/C3H4N10O2/c14-13(15)7-3-6-10-11-12(3)1-2-4-8-9-5-2/h1H2,(H,6,7,11)(H,4,5,8,9). The van der Waals surface area contributed by atoms with Gasteiger partial charge in [0.2, 0.25) is 0 Å². The maximum absolute atomic E-state index is 10.1. The lowest BCUT2D eigenvalue weighted by molar-refractivity contribution is -0.491. The van der Waals surface area contributed by atoms with Gasteiger partial charge in [-0.05, 0) is 5.21 Å². The highest BCUT2D eigenvalue weighted by Gasteiger charge is 2.05. The Bertz CT molecular complexity index is 505. The molecule has 2 aromatic rings. The summed E-state index contributed by atoms with van der Waals surface area (Å²) in [5.74, 6) is 0.325. The highest BCUT2D eigenvalue weighted by atomic mass is 16.7. The molecule has 0 saturated heterocycles. The fourth-order valence-corrected chi connectivity index (χ4v) is 0.864. The summed E-state index contributed by atoms with van der Waals surface area (Å²) in [6, 6.07) is 0. The van der Waals surface area contributed by atoms with E-state index >= 15 is 0 Å². The van der Waals surface area contributed by atoms with E-state index in [1.165, 1.54) is 4.68 Å². The van der Waals surface area contributed by atoms with Crippen molar-refractivity contribution in [1.29, 1.82) is 0 Å². The molecule has 2 heterocycles. The molecule has 0 aliphatic heterocycles. The Hall–Kier alpha value is -2.66. The van der Waals surface area contributed by atoms with E-state index in [1.807, 2.05) is 0 Å². The van der Waals surface area contributed by atoms with E-state index in [0.29, 0.717) is 5.82 Å². The number of aromatic nitrogens is 8. The Kier molecular flexibility index (Phi) is 2.14. The minimum absolute atomic E-state index is 0.107. The average molecular weight is 212 g/mol. The van der Waals surface area contributed by atoms with E-state index in [4.69, 9.17) is 0 Å². The molecule has 0 unspecified atom stereocenters. The van der Waals surface area contributed by atoms with E-state index in [0.717, 1.165) is 0 Å². The van der Waals surface area contributed by atoms with Crippen LogP contribution in [-0.4, -0.2) is 45.9 Å². The zero-order valence-electron chi connectivity index (χ0n) is 7.10. The van der Waals surface area contributed by atoms with Crippen molar-refractivity contribution in [1.82, 2.24) is 40.8 Å². The molecule has 0 saturated carbocycles. The van der Waals surface area contributed by atoms with Crippen LogP contribution < -0.4 is 5.62 Å². The smallest absolute Gasteiger partial charge is 0.233 e. The van der Waals surface area contributed by atoms with Crippen LogP contribution in [0.25, 0.3) is 0 Å². The van der Waals surface area contributed by atoms with E-state index in [2.05, 4.69) is 41.3 Å². The number of nitrogens with one attached hydrogen (secondary N) is 2. The summed E-state index contributed by atoms with van der Waals surface area (Å²) in [7, 11) is 0. The Balaban J connectivity index is 2.30. The van der Waals surface area contributed by atoms with Gasteiger partial charge in [-0.3, -0.25) is 0 Å². The van der Waals surface area contributed by atoms with Crippen LogP contribution in [-0.2, 0) is 6.54 Å². The molecule has 0 atom stereocenters. The van der Waals surface area contributed by atoms with Crippen LogP contribution in [0.4, 0.5) is 0 Å². The van der Waals surface area contributed by atoms with Gasteiger partial charge in [-0.25, -0.2) is 14.8 Å². The molecule has 0 amide bonds. The Morgan fingerprint density at radius 1 is 1.47 bits per heavy atom. The molecule has 12 nitrogen and oxygen atoms in total. The first-order valence-electron chi connectivity index (χ1n) is 3.65. The largest absolute Gasteiger partial charge is 0.338 e. The van der Waals surface area contributed by atoms with Crippen LogP contribution in [0.5, 0.6) is 0 Å². The molecule has 0 aromatic carbocycles. The lowest BCUT2D eigenvalue weighted by Crippen LogP contribution is -2.22. The van der Waals surface area contributed by atoms with Crippen molar-refractivity contribution in [2.24, 2.45) is 5.10 Å². The fourth-order valence-electron chi connectivity index (χ4n) is 0.864. The van der Waals surface area contributed by atoms with E-state index < -0.39 is 5.03 Å². The van der Waals surface area contributed by atoms with Gasteiger partial charge in [0, 0.05) is 0 Å². The van der Waals surface area contributed by atoms with Gasteiger partial charge in [0.1, 0.15) is 11.6 Å². The molecule has 0 fully saturated rings. The topological polar surface area (TPSA) is 156 Å². The second kappa shape index (κ2) is 3.60. The van der Waals surface area contributed by atoms with Gasteiger partial charge in [-0.1, -0.05) is 10.3 Å². The van der Waals surface area contributed by atoms with Crippen molar-refractivity contribution in [3.8, 4) is 0 Å². The van der Waals surface area contributed by atoms with Crippen LogP contribution in [0.2, 0.25) is 0 Å². The molecule has 0 aliphatic carbocycles. The number of tetrazole rings is 2. The summed E-state index contributed by atoms with van der Waals surface area (Å²) < 4.78 is 1.20. The third-order valence-electron chi connectivity index (χ3n) is 1.41. The summed E-state index contributed by atoms with van der Waals surface area (Å²) in [6.07, 6.45) is 0. The van der Waals surface area contributed by atoms with Gasteiger partial charge < -0.3 is 0 Å². The minimum Gasteiger partial charge on any atom is -0.233 e. The van der Waals surface area contributed by atoms with Gasteiger partial charge in [0.05, 0.1) is 0 Å². The normalized spacial score (nSPS) is 11.9. The molecular formula is C3H4N10O2. The van der Waals surface area contributed by atoms with Crippen molar-refractivity contribution >= 4 is 0 Å². The van der Waals surface area contributed by atoms with Crippen molar-refractivity contribution in [2.45, 2.75) is 6.54 Å². The molecule has 0 aliphatic rings. The molecule has 12 heteroatoms. The van der Waals surface area contributed by atoms with Crippen LogP contribution in [0.15, 0.2) is 5.10 Å². The van der Waals surface area contributed by atoms with Gasteiger partial charge >= 0.3 is 5.62 Å². The van der Waals surface area contributed by atoms with E-state index in [9.17, 15) is 10.1 Å². The zero-order valence-corrected chi connectivity index (χ0v) is 7.10. The van der Waals surface area contributed by atoms with Gasteiger partial charge in [0.25, 0.3) is 0 Å². The lowest BCUT2D eigenvalue weighted by Gasteiger charge is -1.91. The van der Waals surface area contributed by atoms with Gasteiger partial charge in [-0.15, -0.1) is 10.2 Å². The number of H-pyrrole nitrogens is 2. The maximum Gasteiger partial charge on any atom is 0.338 e. The molecule has 0 bridgehead atoms. The summed E-state index contributed by atoms with van der Waals surface area (Å²) in [5, 5.41) is 34.3. The minimum atomic E-state index is -0.870. The first-order chi connectivity index (χ1) is 7.25. The molecule has 2 rings (SSSR count). The number of hydrogen-bond acceptors (Lipinski definition) is 7. The predicted octanol–water partition coefficient (Wildman–Crippen LogP) is -2.74. The lowest BCUT2D eigenvalue weighted by atomic mass is 10.6. The molecular weight excluding hydrogens is 208 g/mol. The van der Waals surface area contributed by atoms with Crippen molar-refractivity contribution in [3.63, 3.8) is 0 Å². The number of nitro groups is 1. The molecule has 0 radical (unpaired) electrons. The summed E-state index contributed by atoms with van der Waals surface area (Å²) >= 11 is 0. The number of hydrogen-bond donors (Lipinski definition) is 2. The highest BCUT2D eigenvalue weighted by molar-refractivity contribution is 4.75. The summed E-state index contributed by atoms with van der Waals surface area (Å²) in [4.78, 5) is 10.1. The van der Waals surface area contributed by atoms with Gasteiger partial charge in [0.15, 0.2) is 10.9 Å². The Morgan fingerprint density at radius 3 is 3.00 bits per heavy atom. The maximum atomic E-state index is 10.1. The van der Waals surface area contributed by atoms with Crippen LogP contribution in [0.3, 0.4) is 0 Å². The van der Waals surface area contributed by atoms with Gasteiger partial charge in [-0.2, -0.15) is 10.4 Å². The number of rotatable bonds is 3. The average Bonchev–Trinajstić information content (AvgIpc) is 2.78. The van der Waals surface area contributed by atoms with E-state index in [1.54, 1.807) is 0 Å². The SMILES string of the molecule is O=[N+]([O-])/N=c1\nn[nH]n1Cc1nn[nH]n1. The summed E-state index contributed by atoms with van der Waals surface area (Å²) in [6.45, 7) is 0.107. The van der Waals surface area contributed by atoms with Crippen molar-refractivity contribution in [2.75, 3.05) is 0 Å². The summed E-state index contributed by atoms with van der Waals surface area (Å²) in [5.41, 5.74) is -0.176. The third-order valence-corrected chi connectivity index (χ3v) is 1.41. The molecule has 2 aromatic heterocycles. The predicted molar refractivity (Wildman–Crippen MR) is 40.2 cm³/mol. The molecule has 0 spiro atoms. The highest BCUT2D eigenvalue weighted by Crippen LogP contribution is 1.84. The Labute approximate surface area is 80.1 Å².